The first kappa shape index (κ1) is 15.1. The molecule has 0 heterocycles. The second-order valence-electron chi connectivity index (χ2n) is 3.93. The van der Waals surface area contributed by atoms with E-state index in [2.05, 4.69) is 21.2 Å². The molecule has 0 aliphatic heterocycles. The van der Waals surface area contributed by atoms with Gasteiger partial charge < -0.3 is 11.1 Å². The van der Waals surface area contributed by atoms with Gasteiger partial charge in [0.1, 0.15) is 5.82 Å². The van der Waals surface area contributed by atoms with Gasteiger partial charge in [-0.05, 0) is 46.3 Å². The molecular formula is C13H8BrCl2FN2O. The van der Waals surface area contributed by atoms with Crippen LogP contribution in [-0.2, 0) is 0 Å². The van der Waals surface area contributed by atoms with Crippen LogP contribution in [0.2, 0.25) is 10.0 Å². The third-order valence-corrected chi connectivity index (χ3v) is 3.66. The Balaban J connectivity index is 2.33. The van der Waals surface area contributed by atoms with Crippen molar-refractivity contribution in [3.8, 4) is 0 Å². The highest BCUT2D eigenvalue weighted by atomic mass is 79.9. The molecule has 3 N–H and O–H groups in total. The molecule has 0 bridgehead atoms. The number of amides is 1. The maximum absolute atomic E-state index is 13.1. The molecule has 2 aromatic rings. The fourth-order valence-electron chi connectivity index (χ4n) is 1.58. The summed E-state index contributed by atoms with van der Waals surface area (Å²) in [6.07, 6.45) is 0. The van der Waals surface area contributed by atoms with Gasteiger partial charge in [0, 0.05) is 15.2 Å². The van der Waals surface area contributed by atoms with E-state index >= 15 is 0 Å². The van der Waals surface area contributed by atoms with Crippen LogP contribution in [-0.4, -0.2) is 5.91 Å². The number of anilines is 2. The number of carbonyl (C=O) groups excluding carboxylic acids is 1. The average Bonchev–Trinajstić information content (AvgIpc) is 2.33. The highest BCUT2D eigenvalue weighted by Crippen LogP contribution is 2.32. The Morgan fingerprint density at radius 3 is 2.55 bits per heavy atom. The van der Waals surface area contributed by atoms with Crippen molar-refractivity contribution in [1.82, 2.24) is 0 Å². The number of carbonyl (C=O) groups is 1. The molecule has 0 atom stereocenters. The number of benzene rings is 2. The monoisotopic (exact) mass is 376 g/mol. The van der Waals surface area contributed by atoms with E-state index in [1.807, 2.05) is 0 Å². The predicted molar refractivity (Wildman–Crippen MR) is 82.9 cm³/mol. The van der Waals surface area contributed by atoms with Crippen LogP contribution in [0, 0.1) is 5.82 Å². The van der Waals surface area contributed by atoms with E-state index in [4.69, 9.17) is 28.9 Å². The Kier molecular flexibility index (Phi) is 4.52. The van der Waals surface area contributed by atoms with Gasteiger partial charge in [0.15, 0.2) is 0 Å². The molecule has 0 radical (unpaired) electrons. The van der Waals surface area contributed by atoms with Gasteiger partial charge in [0.05, 0.1) is 16.3 Å². The zero-order valence-electron chi connectivity index (χ0n) is 9.88. The largest absolute Gasteiger partial charge is 0.398 e. The van der Waals surface area contributed by atoms with Gasteiger partial charge in [-0.15, -0.1) is 0 Å². The third-order valence-electron chi connectivity index (χ3n) is 2.50. The summed E-state index contributed by atoms with van der Waals surface area (Å²) in [5, 5.41) is 3.09. The normalized spacial score (nSPS) is 10.4. The van der Waals surface area contributed by atoms with E-state index in [1.165, 1.54) is 18.2 Å². The molecule has 0 aromatic heterocycles. The summed E-state index contributed by atoms with van der Waals surface area (Å²) in [6, 6.07) is 6.82. The zero-order valence-corrected chi connectivity index (χ0v) is 13.0. The fraction of sp³-hybridized carbons (Fsp3) is 0. The number of hydrogen-bond donors (Lipinski definition) is 2. The van der Waals surface area contributed by atoms with Crippen molar-refractivity contribution in [2.45, 2.75) is 0 Å². The summed E-state index contributed by atoms with van der Waals surface area (Å²) in [6.45, 7) is 0. The molecule has 0 spiro atoms. The summed E-state index contributed by atoms with van der Waals surface area (Å²) in [7, 11) is 0. The lowest BCUT2D eigenvalue weighted by atomic mass is 10.1. The fourth-order valence-corrected chi connectivity index (χ4v) is 2.66. The minimum Gasteiger partial charge on any atom is -0.398 e. The van der Waals surface area contributed by atoms with Gasteiger partial charge in [0.25, 0.3) is 5.91 Å². The molecule has 2 rings (SSSR count). The van der Waals surface area contributed by atoms with Crippen molar-refractivity contribution in [2.24, 2.45) is 0 Å². The van der Waals surface area contributed by atoms with Gasteiger partial charge >= 0.3 is 0 Å². The highest BCUT2D eigenvalue weighted by Gasteiger charge is 2.15. The maximum Gasteiger partial charge on any atom is 0.257 e. The second-order valence-corrected chi connectivity index (χ2v) is 5.63. The van der Waals surface area contributed by atoms with Crippen molar-refractivity contribution in [1.29, 1.82) is 0 Å². The van der Waals surface area contributed by atoms with Gasteiger partial charge in [0.2, 0.25) is 0 Å². The Bertz CT molecular complexity index is 671. The van der Waals surface area contributed by atoms with Crippen LogP contribution >= 0.6 is 39.1 Å². The first-order valence-electron chi connectivity index (χ1n) is 5.39. The lowest BCUT2D eigenvalue weighted by Gasteiger charge is -2.11. The molecule has 0 saturated heterocycles. The molecule has 104 valence electrons. The van der Waals surface area contributed by atoms with Gasteiger partial charge in [-0.1, -0.05) is 23.2 Å². The summed E-state index contributed by atoms with van der Waals surface area (Å²) in [5.74, 6) is -0.973. The lowest BCUT2D eigenvalue weighted by molar-refractivity contribution is 0.102. The number of nitrogens with two attached hydrogens (primary N) is 1. The molecule has 0 fully saturated rings. The number of hydrogen-bond acceptors (Lipinski definition) is 2. The molecule has 0 aliphatic rings. The molecule has 0 unspecified atom stereocenters. The van der Waals surface area contributed by atoms with E-state index in [9.17, 15) is 9.18 Å². The predicted octanol–water partition coefficient (Wildman–Crippen LogP) is 4.73. The number of nitrogen functional groups attached to an aromatic ring is 1. The molecule has 7 heteroatoms. The molecular weight excluding hydrogens is 370 g/mol. The van der Waals surface area contributed by atoms with E-state index in [-0.39, 0.29) is 22.0 Å². The van der Waals surface area contributed by atoms with Crippen LogP contribution in [0.3, 0.4) is 0 Å². The van der Waals surface area contributed by atoms with Gasteiger partial charge in [-0.25, -0.2) is 4.39 Å². The van der Waals surface area contributed by atoms with E-state index in [0.717, 1.165) is 6.07 Å². The van der Waals surface area contributed by atoms with E-state index in [0.29, 0.717) is 9.50 Å². The molecule has 3 nitrogen and oxygen atoms in total. The molecule has 1 amide bonds. The van der Waals surface area contributed by atoms with Crippen molar-refractivity contribution < 1.29 is 9.18 Å². The third kappa shape index (κ3) is 3.23. The number of halogens is 4. The number of rotatable bonds is 2. The average molecular weight is 378 g/mol. The number of nitrogens with one attached hydrogen (secondary N) is 1. The summed E-state index contributed by atoms with van der Waals surface area (Å²) >= 11 is 14.8. The van der Waals surface area contributed by atoms with Gasteiger partial charge in [-0.3, -0.25) is 4.79 Å². The maximum atomic E-state index is 13.1. The molecule has 0 aliphatic carbocycles. The van der Waals surface area contributed by atoms with E-state index < -0.39 is 11.7 Å². The van der Waals surface area contributed by atoms with Crippen LogP contribution < -0.4 is 11.1 Å². The minimum absolute atomic E-state index is 0.0813. The SMILES string of the molecule is Nc1cc(Cl)ccc1C(=O)Nc1c(Cl)cc(F)cc1Br. The standard InChI is InChI=1S/C13H8BrCl2FN2O/c14-9-4-7(17)5-10(16)12(9)19-13(20)8-2-1-6(15)3-11(8)18/h1-5H,18H2,(H,19,20). The van der Waals surface area contributed by atoms with Crippen LogP contribution in [0.15, 0.2) is 34.8 Å². The zero-order chi connectivity index (χ0) is 14.9. The Morgan fingerprint density at radius 1 is 1.25 bits per heavy atom. The lowest BCUT2D eigenvalue weighted by Crippen LogP contribution is -2.14. The Morgan fingerprint density at radius 2 is 1.95 bits per heavy atom. The van der Waals surface area contributed by atoms with Crippen LogP contribution in [0.5, 0.6) is 0 Å². The van der Waals surface area contributed by atoms with Crippen molar-refractivity contribution in [3.63, 3.8) is 0 Å². The first-order valence-corrected chi connectivity index (χ1v) is 6.94. The Hall–Kier alpha value is -1.30. The summed E-state index contributed by atoms with van der Waals surface area (Å²) < 4.78 is 13.5. The first-order chi connectivity index (χ1) is 9.38. The van der Waals surface area contributed by atoms with Crippen LogP contribution in [0.1, 0.15) is 10.4 Å². The smallest absolute Gasteiger partial charge is 0.257 e. The molecule has 0 saturated carbocycles. The molecule has 20 heavy (non-hydrogen) atoms. The minimum atomic E-state index is -0.508. The van der Waals surface area contributed by atoms with Crippen molar-refractivity contribution in [3.05, 3.63) is 56.2 Å². The van der Waals surface area contributed by atoms with Crippen LogP contribution in [0.25, 0.3) is 0 Å². The topological polar surface area (TPSA) is 55.1 Å². The van der Waals surface area contributed by atoms with Crippen molar-refractivity contribution >= 4 is 56.4 Å². The van der Waals surface area contributed by atoms with Gasteiger partial charge in [-0.2, -0.15) is 0 Å². The van der Waals surface area contributed by atoms with Crippen LogP contribution in [0.4, 0.5) is 15.8 Å². The van der Waals surface area contributed by atoms with E-state index in [1.54, 1.807) is 6.07 Å². The Labute approximate surface area is 133 Å². The second kappa shape index (κ2) is 5.99. The molecule has 2 aromatic carbocycles. The summed E-state index contributed by atoms with van der Waals surface area (Å²) in [4.78, 5) is 12.1. The summed E-state index contributed by atoms with van der Waals surface area (Å²) in [5.41, 5.74) is 6.49. The highest BCUT2D eigenvalue weighted by molar-refractivity contribution is 9.10. The van der Waals surface area contributed by atoms with Crippen molar-refractivity contribution in [2.75, 3.05) is 11.1 Å². The quantitative estimate of drug-likeness (QED) is 0.743.